The van der Waals surface area contributed by atoms with Gasteiger partial charge >= 0.3 is 0 Å². The maximum absolute atomic E-state index is 11.7. The van der Waals surface area contributed by atoms with E-state index < -0.39 is 0 Å². The highest BCUT2D eigenvalue weighted by Crippen LogP contribution is 2.14. The number of nitrogens with one attached hydrogen (secondary N) is 2. The van der Waals surface area contributed by atoms with Gasteiger partial charge in [0, 0.05) is 13.1 Å². The molecule has 0 bridgehead atoms. The molecule has 2 amide bonds. The van der Waals surface area contributed by atoms with E-state index in [1.807, 2.05) is 12.1 Å². The van der Waals surface area contributed by atoms with E-state index in [-0.39, 0.29) is 49.7 Å². The van der Waals surface area contributed by atoms with Gasteiger partial charge in [-0.2, -0.15) is 0 Å². The summed E-state index contributed by atoms with van der Waals surface area (Å²) in [5.74, 6) is -0.542. The molecule has 0 aliphatic carbocycles. The number of carbonyl (C=O) groups excluding carboxylic acids is 2. The molecule has 8 heteroatoms. The van der Waals surface area contributed by atoms with Crippen molar-refractivity contribution in [2.24, 2.45) is 5.73 Å². The molecule has 0 aromatic heterocycles. The Kier molecular flexibility index (Phi) is 13.1. The van der Waals surface area contributed by atoms with Crippen molar-refractivity contribution in [3.05, 3.63) is 35.4 Å². The number of nitrogens with zero attached hydrogens (tertiary/aromatic N) is 1. The van der Waals surface area contributed by atoms with Gasteiger partial charge in [0.05, 0.1) is 13.1 Å². The third-order valence-corrected chi connectivity index (χ3v) is 4.22. The molecule has 0 spiro atoms. The van der Waals surface area contributed by atoms with Crippen molar-refractivity contribution in [3.63, 3.8) is 0 Å². The lowest BCUT2D eigenvalue weighted by Crippen LogP contribution is -2.39. The van der Waals surface area contributed by atoms with Crippen LogP contribution in [0, 0.1) is 0 Å². The highest BCUT2D eigenvalue weighted by molar-refractivity contribution is 5.86. The molecule has 0 atom stereocenters. The molecular formula is C18H30Cl2N4O2. The van der Waals surface area contributed by atoms with Gasteiger partial charge in [-0.15, -0.1) is 24.8 Å². The molecule has 6 nitrogen and oxygen atoms in total. The summed E-state index contributed by atoms with van der Waals surface area (Å²) < 4.78 is 0. The topological polar surface area (TPSA) is 87.5 Å². The molecule has 1 heterocycles. The van der Waals surface area contributed by atoms with Crippen LogP contribution < -0.4 is 16.4 Å². The molecule has 1 saturated heterocycles. The summed E-state index contributed by atoms with van der Waals surface area (Å²) >= 11 is 0. The summed E-state index contributed by atoms with van der Waals surface area (Å²) in [7, 11) is 0. The quantitative estimate of drug-likeness (QED) is 0.643. The Morgan fingerprint density at radius 1 is 0.962 bits per heavy atom. The van der Waals surface area contributed by atoms with E-state index in [0.29, 0.717) is 6.54 Å². The second kappa shape index (κ2) is 13.8. The van der Waals surface area contributed by atoms with Crippen LogP contribution in [0.5, 0.6) is 0 Å². The van der Waals surface area contributed by atoms with Gasteiger partial charge in [-0.25, -0.2) is 0 Å². The van der Waals surface area contributed by atoms with Gasteiger partial charge in [-0.05, 0) is 37.1 Å². The molecule has 1 aromatic rings. The van der Waals surface area contributed by atoms with Crippen LogP contribution in [0.2, 0.25) is 0 Å². The number of halogens is 2. The zero-order valence-electron chi connectivity index (χ0n) is 15.0. The van der Waals surface area contributed by atoms with Crippen LogP contribution in [-0.2, 0) is 22.7 Å². The van der Waals surface area contributed by atoms with Gasteiger partial charge in [-0.3, -0.25) is 14.5 Å². The first-order valence-electron chi connectivity index (χ1n) is 8.71. The summed E-state index contributed by atoms with van der Waals surface area (Å²) in [4.78, 5) is 25.2. The van der Waals surface area contributed by atoms with E-state index >= 15 is 0 Å². The fourth-order valence-corrected chi connectivity index (χ4v) is 2.90. The van der Waals surface area contributed by atoms with E-state index in [4.69, 9.17) is 5.73 Å². The average Bonchev–Trinajstić information content (AvgIpc) is 2.87. The molecular weight excluding hydrogens is 375 g/mol. The minimum Gasteiger partial charge on any atom is -0.350 e. The summed E-state index contributed by atoms with van der Waals surface area (Å²) in [5.41, 5.74) is 7.53. The SMILES string of the molecule is Cl.Cl.NCC(=O)NCC(=O)NCc1cccc(CN2CCCCCC2)c1. The normalized spacial score (nSPS) is 14.3. The summed E-state index contributed by atoms with van der Waals surface area (Å²) in [6.45, 7) is 3.62. The average molecular weight is 405 g/mol. The zero-order chi connectivity index (χ0) is 17.2. The number of amides is 2. The van der Waals surface area contributed by atoms with Gasteiger partial charge in [0.25, 0.3) is 0 Å². The minimum absolute atomic E-state index is 0. The van der Waals surface area contributed by atoms with Crippen molar-refractivity contribution in [2.75, 3.05) is 26.2 Å². The van der Waals surface area contributed by atoms with E-state index in [2.05, 4.69) is 27.7 Å². The molecule has 0 saturated carbocycles. The van der Waals surface area contributed by atoms with Crippen molar-refractivity contribution in [1.29, 1.82) is 0 Å². The smallest absolute Gasteiger partial charge is 0.239 e. The maximum Gasteiger partial charge on any atom is 0.239 e. The Labute approximate surface area is 168 Å². The second-order valence-corrected chi connectivity index (χ2v) is 6.27. The summed E-state index contributed by atoms with van der Waals surface area (Å²) in [6.07, 6.45) is 5.24. The lowest BCUT2D eigenvalue weighted by molar-refractivity contribution is -0.125. The number of benzene rings is 1. The highest BCUT2D eigenvalue weighted by atomic mass is 35.5. The zero-order valence-corrected chi connectivity index (χ0v) is 16.7. The molecule has 1 aliphatic rings. The first-order valence-corrected chi connectivity index (χ1v) is 8.71. The number of likely N-dealkylation sites (tertiary alicyclic amines) is 1. The van der Waals surface area contributed by atoms with E-state index in [0.717, 1.165) is 12.1 Å². The Morgan fingerprint density at radius 3 is 2.27 bits per heavy atom. The van der Waals surface area contributed by atoms with E-state index in [1.54, 1.807) is 0 Å². The lowest BCUT2D eigenvalue weighted by atomic mass is 10.1. The first-order chi connectivity index (χ1) is 11.7. The molecule has 0 unspecified atom stereocenters. The summed E-state index contributed by atoms with van der Waals surface area (Å²) in [6, 6.07) is 8.32. The van der Waals surface area contributed by atoms with Crippen LogP contribution >= 0.6 is 24.8 Å². The monoisotopic (exact) mass is 404 g/mol. The van der Waals surface area contributed by atoms with Gasteiger partial charge in [0.1, 0.15) is 0 Å². The van der Waals surface area contributed by atoms with Crippen LogP contribution in [0.25, 0.3) is 0 Å². The number of hydrogen-bond acceptors (Lipinski definition) is 4. The fraction of sp³-hybridized carbons (Fsp3) is 0.556. The van der Waals surface area contributed by atoms with Crippen molar-refractivity contribution in [3.8, 4) is 0 Å². The van der Waals surface area contributed by atoms with Crippen molar-refractivity contribution >= 4 is 36.6 Å². The van der Waals surface area contributed by atoms with Gasteiger partial charge in [0.2, 0.25) is 11.8 Å². The second-order valence-electron chi connectivity index (χ2n) is 6.27. The maximum atomic E-state index is 11.7. The van der Waals surface area contributed by atoms with E-state index in [1.165, 1.54) is 44.3 Å². The van der Waals surface area contributed by atoms with Gasteiger partial charge in [-0.1, -0.05) is 37.1 Å². The van der Waals surface area contributed by atoms with Gasteiger partial charge in [0.15, 0.2) is 0 Å². The molecule has 1 aromatic carbocycles. The molecule has 4 N–H and O–H groups in total. The minimum atomic E-state index is -0.329. The number of carbonyl (C=O) groups is 2. The number of rotatable bonds is 7. The largest absolute Gasteiger partial charge is 0.350 e. The Balaban J connectivity index is 0.00000312. The van der Waals surface area contributed by atoms with Crippen molar-refractivity contribution in [2.45, 2.75) is 38.8 Å². The number of nitrogens with two attached hydrogens (primary N) is 1. The molecule has 2 rings (SSSR count). The van der Waals surface area contributed by atoms with Crippen LogP contribution in [0.3, 0.4) is 0 Å². The van der Waals surface area contributed by atoms with Crippen molar-refractivity contribution < 1.29 is 9.59 Å². The summed E-state index contributed by atoms with van der Waals surface area (Å²) in [5, 5.41) is 5.27. The molecule has 1 fully saturated rings. The van der Waals surface area contributed by atoms with Crippen molar-refractivity contribution in [1.82, 2.24) is 15.5 Å². The first kappa shape index (κ1) is 24.7. The van der Waals surface area contributed by atoms with Gasteiger partial charge < -0.3 is 16.4 Å². The Hall–Kier alpha value is -1.34. The standard InChI is InChI=1S/C18H28N4O2.2ClH/c19-11-17(23)21-13-18(24)20-12-15-6-5-7-16(10-15)14-22-8-3-1-2-4-9-22;;/h5-7,10H,1-4,8-9,11-14,19H2,(H,20,24)(H,21,23);2*1H. The Bertz CT molecular complexity index is 550. The molecule has 0 radical (unpaired) electrons. The highest BCUT2D eigenvalue weighted by Gasteiger charge is 2.10. The predicted molar refractivity (Wildman–Crippen MR) is 109 cm³/mol. The third-order valence-electron chi connectivity index (χ3n) is 4.22. The Morgan fingerprint density at radius 2 is 1.62 bits per heavy atom. The van der Waals surface area contributed by atoms with Crippen LogP contribution in [0.4, 0.5) is 0 Å². The molecule has 148 valence electrons. The third kappa shape index (κ3) is 9.38. The molecule has 1 aliphatic heterocycles. The van der Waals surface area contributed by atoms with Crippen LogP contribution in [0.15, 0.2) is 24.3 Å². The lowest BCUT2D eigenvalue weighted by Gasteiger charge is -2.20. The van der Waals surface area contributed by atoms with E-state index in [9.17, 15) is 9.59 Å². The molecule has 26 heavy (non-hydrogen) atoms. The fourth-order valence-electron chi connectivity index (χ4n) is 2.90. The van der Waals surface area contributed by atoms with Crippen LogP contribution in [-0.4, -0.2) is 42.9 Å². The number of hydrogen-bond donors (Lipinski definition) is 3. The van der Waals surface area contributed by atoms with Crippen LogP contribution in [0.1, 0.15) is 36.8 Å². The predicted octanol–water partition coefficient (Wildman–Crippen LogP) is 1.60.